The normalized spacial score (nSPS) is 10.7. The summed E-state index contributed by atoms with van der Waals surface area (Å²) in [6, 6.07) is 10.7. The molecule has 1 heterocycles. The Hall–Kier alpha value is -1.88. The van der Waals surface area contributed by atoms with E-state index in [-0.39, 0.29) is 12.3 Å². The van der Waals surface area contributed by atoms with Crippen molar-refractivity contribution in [1.29, 1.82) is 0 Å². The van der Waals surface area contributed by atoms with Crippen LogP contribution in [0.1, 0.15) is 41.5 Å². The van der Waals surface area contributed by atoms with E-state index in [0.717, 1.165) is 15.8 Å². The van der Waals surface area contributed by atoms with Gasteiger partial charge in [0.25, 0.3) is 0 Å². The highest BCUT2D eigenvalue weighted by Crippen LogP contribution is 2.30. The van der Waals surface area contributed by atoms with Gasteiger partial charge >= 0.3 is 5.97 Å². The summed E-state index contributed by atoms with van der Waals surface area (Å²) < 4.78 is 6.80. The largest absolute Gasteiger partial charge is 0.487 e. The predicted molar refractivity (Wildman–Crippen MR) is 83.8 cm³/mol. The summed E-state index contributed by atoms with van der Waals surface area (Å²) in [4.78, 5) is 14.9. The first-order chi connectivity index (χ1) is 9.97. The molecule has 1 N–H and O–H groups in total. The summed E-state index contributed by atoms with van der Waals surface area (Å²) in [5.41, 5.74) is 1.71. The van der Waals surface area contributed by atoms with Crippen LogP contribution in [0, 0.1) is 0 Å². The lowest BCUT2D eigenvalue weighted by Gasteiger charge is -2.14. The highest BCUT2D eigenvalue weighted by atomic mass is 79.9. The number of hydrogen-bond acceptors (Lipinski definition) is 3. The molecular formula is C16H16BrNO3. The lowest BCUT2D eigenvalue weighted by Crippen LogP contribution is -2.06. The lowest BCUT2D eigenvalue weighted by molar-refractivity contribution is 0.0690. The van der Waals surface area contributed by atoms with Crippen molar-refractivity contribution in [2.75, 3.05) is 0 Å². The number of carboxylic acids is 1. The zero-order valence-corrected chi connectivity index (χ0v) is 13.4. The van der Waals surface area contributed by atoms with Crippen molar-refractivity contribution >= 4 is 21.9 Å². The van der Waals surface area contributed by atoms with Crippen molar-refractivity contribution in [3.63, 3.8) is 0 Å². The quantitative estimate of drug-likeness (QED) is 0.876. The SMILES string of the molecule is CC(C)c1cc(Br)ccc1OCc1cccc(C(=O)O)n1. The average molecular weight is 350 g/mol. The van der Waals surface area contributed by atoms with Crippen molar-refractivity contribution < 1.29 is 14.6 Å². The minimum absolute atomic E-state index is 0.0241. The number of rotatable bonds is 5. The maximum atomic E-state index is 10.9. The van der Waals surface area contributed by atoms with Gasteiger partial charge in [-0.3, -0.25) is 0 Å². The zero-order chi connectivity index (χ0) is 15.4. The van der Waals surface area contributed by atoms with Crippen LogP contribution in [0.15, 0.2) is 40.9 Å². The van der Waals surface area contributed by atoms with Gasteiger partial charge in [0.2, 0.25) is 0 Å². The molecule has 0 aliphatic heterocycles. The first-order valence-corrected chi connectivity index (χ1v) is 7.38. The van der Waals surface area contributed by atoms with Gasteiger partial charge in [0, 0.05) is 4.47 Å². The number of aromatic nitrogens is 1. The highest BCUT2D eigenvalue weighted by Gasteiger charge is 2.10. The molecule has 21 heavy (non-hydrogen) atoms. The van der Waals surface area contributed by atoms with Gasteiger partial charge in [-0.2, -0.15) is 0 Å². The zero-order valence-electron chi connectivity index (χ0n) is 11.8. The maximum absolute atomic E-state index is 10.9. The lowest BCUT2D eigenvalue weighted by atomic mass is 10.0. The van der Waals surface area contributed by atoms with Crippen LogP contribution in [-0.4, -0.2) is 16.1 Å². The fourth-order valence-electron chi connectivity index (χ4n) is 1.93. The van der Waals surface area contributed by atoms with Crippen LogP contribution in [0.25, 0.3) is 0 Å². The molecule has 4 nitrogen and oxygen atoms in total. The Morgan fingerprint density at radius 1 is 1.33 bits per heavy atom. The summed E-state index contributed by atoms with van der Waals surface area (Å²) in [7, 11) is 0. The van der Waals surface area contributed by atoms with Crippen LogP contribution >= 0.6 is 15.9 Å². The molecule has 0 atom stereocenters. The predicted octanol–water partition coefficient (Wildman–Crippen LogP) is 4.24. The number of nitrogens with zero attached hydrogens (tertiary/aromatic N) is 1. The third-order valence-corrected chi connectivity index (χ3v) is 3.49. The fourth-order valence-corrected chi connectivity index (χ4v) is 2.31. The molecule has 0 amide bonds. The summed E-state index contributed by atoms with van der Waals surface area (Å²) in [5, 5.41) is 8.93. The van der Waals surface area contributed by atoms with E-state index in [1.165, 1.54) is 6.07 Å². The number of ether oxygens (including phenoxy) is 1. The van der Waals surface area contributed by atoms with E-state index in [1.807, 2.05) is 18.2 Å². The number of aromatic carboxylic acids is 1. The number of pyridine rings is 1. The molecule has 0 fully saturated rings. The number of carbonyl (C=O) groups is 1. The maximum Gasteiger partial charge on any atom is 0.354 e. The Labute approximate surface area is 131 Å². The smallest absolute Gasteiger partial charge is 0.354 e. The van der Waals surface area contributed by atoms with Crippen LogP contribution < -0.4 is 4.74 Å². The molecule has 0 spiro atoms. The molecule has 0 saturated carbocycles. The Balaban J connectivity index is 2.16. The van der Waals surface area contributed by atoms with Crippen molar-refractivity contribution in [3.05, 3.63) is 57.8 Å². The monoisotopic (exact) mass is 349 g/mol. The fraction of sp³-hybridized carbons (Fsp3) is 0.250. The van der Waals surface area contributed by atoms with Gasteiger partial charge in [-0.15, -0.1) is 0 Å². The molecule has 0 saturated heterocycles. The van der Waals surface area contributed by atoms with Gasteiger partial charge in [0.05, 0.1) is 5.69 Å². The van der Waals surface area contributed by atoms with Crippen molar-refractivity contribution in [2.24, 2.45) is 0 Å². The molecule has 0 aliphatic carbocycles. The van der Waals surface area contributed by atoms with E-state index in [2.05, 4.69) is 34.8 Å². The first-order valence-electron chi connectivity index (χ1n) is 6.59. The molecule has 1 aromatic heterocycles. The van der Waals surface area contributed by atoms with Crippen LogP contribution in [-0.2, 0) is 6.61 Å². The molecule has 2 aromatic rings. The number of hydrogen-bond donors (Lipinski definition) is 1. The third-order valence-electron chi connectivity index (χ3n) is 3.00. The van der Waals surface area contributed by atoms with Crippen molar-refractivity contribution in [1.82, 2.24) is 4.98 Å². The molecule has 0 aliphatic rings. The third kappa shape index (κ3) is 4.04. The molecule has 1 aromatic carbocycles. The van der Waals surface area contributed by atoms with Crippen LogP contribution in [0.3, 0.4) is 0 Å². The minimum atomic E-state index is -1.04. The van der Waals surface area contributed by atoms with Crippen molar-refractivity contribution in [2.45, 2.75) is 26.4 Å². The molecule has 2 rings (SSSR count). The van der Waals surface area contributed by atoms with Gasteiger partial charge in [-0.05, 0) is 41.8 Å². The number of carboxylic acid groups (broad SMARTS) is 1. The minimum Gasteiger partial charge on any atom is -0.487 e. The van der Waals surface area contributed by atoms with E-state index in [9.17, 15) is 4.79 Å². The first kappa shape index (κ1) is 15.5. The number of benzene rings is 1. The van der Waals surface area contributed by atoms with E-state index < -0.39 is 5.97 Å². The van der Waals surface area contributed by atoms with Crippen LogP contribution in [0.2, 0.25) is 0 Å². The second-order valence-electron chi connectivity index (χ2n) is 4.94. The summed E-state index contributed by atoms with van der Waals surface area (Å²) in [6.45, 7) is 4.43. The Morgan fingerprint density at radius 2 is 2.10 bits per heavy atom. The molecular weight excluding hydrogens is 334 g/mol. The van der Waals surface area contributed by atoms with E-state index in [4.69, 9.17) is 9.84 Å². The Bertz CT molecular complexity index is 656. The Kier molecular flexibility index (Phi) is 4.96. The van der Waals surface area contributed by atoms with Gasteiger partial charge in [0.1, 0.15) is 18.1 Å². The van der Waals surface area contributed by atoms with E-state index in [0.29, 0.717) is 11.6 Å². The van der Waals surface area contributed by atoms with Crippen LogP contribution in [0.4, 0.5) is 0 Å². The highest BCUT2D eigenvalue weighted by molar-refractivity contribution is 9.10. The molecule has 0 bridgehead atoms. The molecule has 0 radical (unpaired) electrons. The van der Waals surface area contributed by atoms with E-state index in [1.54, 1.807) is 12.1 Å². The molecule has 0 unspecified atom stereocenters. The standard InChI is InChI=1S/C16H16BrNO3/c1-10(2)13-8-11(17)6-7-15(13)21-9-12-4-3-5-14(18-12)16(19)20/h3-8,10H,9H2,1-2H3,(H,19,20). The topological polar surface area (TPSA) is 59.4 Å². The van der Waals surface area contributed by atoms with E-state index >= 15 is 0 Å². The average Bonchev–Trinajstić information content (AvgIpc) is 2.46. The summed E-state index contributed by atoms with van der Waals surface area (Å²) >= 11 is 3.45. The molecule has 110 valence electrons. The van der Waals surface area contributed by atoms with Crippen LogP contribution in [0.5, 0.6) is 5.75 Å². The number of halogens is 1. The van der Waals surface area contributed by atoms with Gasteiger partial charge in [0.15, 0.2) is 0 Å². The van der Waals surface area contributed by atoms with Crippen molar-refractivity contribution in [3.8, 4) is 5.75 Å². The van der Waals surface area contributed by atoms with Gasteiger partial charge in [-0.25, -0.2) is 9.78 Å². The second kappa shape index (κ2) is 6.72. The van der Waals surface area contributed by atoms with Gasteiger partial charge in [-0.1, -0.05) is 35.8 Å². The summed E-state index contributed by atoms with van der Waals surface area (Å²) in [6.07, 6.45) is 0. The second-order valence-corrected chi connectivity index (χ2v) is 5.86. The van der Waals surface area contributed by atoms with Gasteiger partial charge < -0.3 is 9.84 Å². The summed E-state index contributed by atoms with van der Waals surface area (Å²) in [5.74, 6) is 0.0786. The Morgan fingerprint density at radius 3 is 2.76 bits per heavy atom. The molecule has 5 heteroatoms.